The molecule has 0 radical (unpaired) electrons. The highest BCUT2D eigenvalue weighted by atomic mass is 16.3. The SMILES string of the molecule is CCCC(C)(N)C1(O)CCCC(C)CC1. The number of rotatable bonds is 3. The van der Waals surface area contributed by atoms with Crippen LogP contribution in [0.25, 0.3) is 0 Å². The number of hydrogen-bond donors (Lipinski definition) is 2. The largest absolute Gasteiger partial charge is 0.388 e. The Balaban J connectivity index is 2.71. The van der Waals surface area contributed by atoms with Crippen LogP contribution in [0.3, 0.4) is 0 Å². The Morgan fingerprint density at radius 2 is 2.07 bits per heavy atom. The molecule has 1 aliphatic carbocycles. The van der Waals surface area contributed by atoms with Gasteiger partial charge >= 0.3 is 0 Å². The van der Waals surface area contributed by atoms with Crippen LogP contribution in [0.4, 0.5) is 0 Å². The normalized spacial score (nSPS) is 37.0. The Hall–Kier alpha value is -0.0800. The summed E-state index contributed by atoms with van der Waals surface area (Å²) < 4.78 is 0. The Bertz CT molecular complexity index is 203. The van der Waals surface area contributed by atoms with E-state index in [0.717, 1.165) is 44.4 Å². The fourth-order valence-corrected chi connectivity index (χ4v) is 2.82. The summed E-state index contributed by atoms with van der Waals surface area (Å²) >= 11 is 0. The molecule has 1 aliphatic rings. The molecule has 2 heteroatoms. The van der Waals surface area contributed by atoms with E-state index in [0.29, 0.717) is 0 Å². The van der Waals surface area contributed by atoms with Gasteiger partial charge in [0.15, 0.2) is 0 Å². The smallest absolute Gasteiger partial charge is 0.0823 e. The number of hydrogen-bond acceptors (Lipinski definition) is 2. The van der Waals surface area contributed by atoms with E-state index < -0.39 is 11.1 Å². The fourth-order valence-electron chi connectivity index (χ4n) is 2.82. The second kappa shape index (κ2) is 4.84. The highest BCUT2D eigenvalue weighted by Gasteiger charge is 2.43. The molecule has 0 bridgehead atoms. The maximum atomic E-state index is 10.7. The zero-order valence-electron chi connectivity index (χ0n) is 10.6. The summed E-state index contributed by atoms with van der Waals surface area (Å²) in [6.45, 7) is 6.43. The van der Waals surface area contributed by atoms with Crippen LogP contribution in [0.15, 0.2) is 0 Å². The highest BCUT2D eigenvalue weighted by molar-refractivity contribution is 5.01. The van der Waals surface area contributed by atoms with Gasteiger partial charge in [0.1, 0.15) is 0 Å². The number of aliphatic hydroxyl groups is 1. The molecule has 3 atom stereocenters. The first-order valence-corrected chi connectivity index (χ1v) is 6.42. The molecule has 0 aromatic carbocycles. The van der Waals surface area contributed by atoms with Crippen molar-refractivity contribution in [2.45, 2.75) is 76.9 Å². The molecule has 1 fully saturated rings. The van der Waals surface area contributed by atoms with Crippen molar-refractivity contribution in [3.63, 3.8) is 0 Å². The molecular weight excluding hydrogens is 186 g/mol. The lowest BCUT2D eigenvalue weighted by Gasteiger charge is -2.42. The molecule has 1 saturated carbocycles. The molecule has 0 amide bonds. The molecule has 3 N–H and O–H groups in total. The first-order chi connectivity index (χ1) is 6.91. The molecule has 90 valence electrons. The van der Waals surface area contributed by atoms with Gasteiger partial charge < -0.3 is 10.8 Å². The van der Waals surface area contributed by atoms with Gasteiger partial charge in [-0.1, -0.05) is 33.1 Å². The average Bonchev–Trinajstić information content (AvgIpc) is 2.30. The van der Waals surface area contributed by atoms with E-state index in [-0.39, 0.29) is 0 Å². The molecule has 3 unspecified atom stereocenters. The van der Waals surface area contributed by atoms with Gasteiger partial charge in [0, 0.05) is 5.54 Å². The Morgan fingerprint density at radius 1 is 1.40 bits per heavy atom. The maximum Gasteiger partial charge on any atom is 0.0823 e. The minimum absolute atomic E-state index is 0.411. The molecular formula is C13H27NO. The van der Waals surface area contributed by atoms with Crippen LogP contribution in [0.2, 0.25) is 0 Å². The molecule has 0 aromatic heterocycles. The molecule has 0 spiro atoms. The van der Waals surface area contributed by atoms with E-state index in [9.17, 15) is 5.11 Å². The Morgan fingerprint density at radius 3 is 2.67 bits per heavy atom. The van der Waals surface area contributed by atoms with Crippen molar-refractivity contribution in [2.75, 3.05) is 0 Å². The lowest BCUT2D eigenvalue weighted by atomic mass is 9.74. The Labute approximate surface area is 94.2 Å². The summed E-state index contributed by atoms with van der Waals surface area (Å²) in [6, 6.07) is 0. The predicted octanol–water partition coefficient (Wildman–Crippen LogP) is 2.84. The fraction of sp³-hybridized carbons (Fsp3) is 1.00. The molecule has 0 heterocycles. The van der Waals surface area contributed by atoms with Gasteiger partial charge in [0.2, 0.25) is 0 Å². The van der Waals surface area contributed by atoms with Gasteiger partial charge in [-0.25, -0.2) is 0 Å². The highest BCUT2D eigenvalue weighted by Crippen LogP contribution is 2.38. The van der Waals surface area contributed by atoms with E-state index in [1.807, 2.05) is 6.92 Å². The van der Waals surface area contributed by atoms with Crippen LogP contribution in [0, 0.1) is 5.92 Å². The topological polar surface area (TPSA) is 46.2 Å². The quantitative estimate of drug-likeness (QED) is 0.708. The van der Waals surface area contributed by atoms with Gasteiger partial charge in [-0.3, -0.25) is 0 Å². The maximum absolute atomic E-state index is 10.7. The summed E-state index contributed by atoms with van der Waals surface area (Å²) in [6.07, 6.45) is 7.19. The van der Waals surface area contributed by atoms with Crippen LogP contribution < -0.4 is 5.73 Å². The summed E-state index contributed by atoms with van der Waals surface area (Å²) in [4.78, 5) is 0. The standard InChI is InChI=1S/C13H27NO/c1-4-8-12(3,14)13(15)9-5-6-11(2)7-10-13/h11,15H,4-10,14H2,1-3H3. The second-order valence-corrected chi connectivity index (χ2v) is 5.74. The van der Waals surface area contributed by atoms with Gasteiger partial charge in [-0.2, -0.15) is 0 Å². The van der Waals surface area contributed by atoms with E-state index in [1.165, 1.54) is 6.42 Å². The molecule has 1 rings (SSSR count). The third-order valence-corrected chi connectivity index (χ3v) is 4.17. The van der Waals surface area contributed by atoms with Crippen molar-refractivity contribution < 1.29 is 5.11 Å². The van der Waals surface area contributed by atoms with Crippen LogP contribution >= 0.6 is 0 Å². The summed E-state index contributed by atoms with van der Waals surface area (Å²) in [5.74, 6) is 0.747. The molecule has 0 saturated heterocycles. The minimum atomic E-state index is -0.631. The zero-order chi connectivity index (χ0) is 11.5. The summed E-state index contributed by atoms with van der Waals surface area (Å²) in [7, 11) is 0. The molecule has 0 aliphatic heterocycles. The predicted molar refractivity (Wildman–Crippen MR) is 64.7 cm³/mol. The van der Waals surface area contributed by atoms with Crippen molar-refractivity contribution >= 4 is 0 Å². The van der Waals surface area contributed by atoms with Crippen molar-refractivity contribution in [1.29, 1.82) is 0 Å². The van der Waals surface area contributed by atoms with E-state index in [4.69, 9.17) is 5.73 Å². The van der Waals surface area contributed by atoms with Crippen molar-refractivity contribution in [2.24, 2.45) is 11.7 Å². The van der Waals surface area contributed by atoms with Gasteiger partial charge in [0.05, 0.1) is 5.60 Å². The van der Waals surface area contributed by atoms with Gasteiger partial charge in [-0.15, -0.1) is 0 Å². The third-order valence-electron chi connectivity index (χ3n) is 4.17. The Kier molecular flexibility index (Phi) is 4.19. The van der Waals surface area contributed by atoms with Crippen molar-refractivity contribution in [3.8, 4) is 0 Å². The van der Waals surface area contributed by atoms with Crippen molar-refractivity contribution in [1.82, 2.24) is 0 Å². The van der Waals surface area contributed by atoms with Gasteiger partial charge in [0.25, 0.3) is 0 Å². The lowest BCUT2D eigenvalue weighted by molar-refractivity contribution is -0.0457. The first-order valence-electron chi connectivity index (χ1n) is 6.42. The monoisotopic (exact) mass is 213 g/mol. The lowest BCUT2D eigenvalue weighted by Crippen LogP contribution is -2.58. The van der Waals surface area contributed by atoms with Crippen LogP contribution in [-0.2, 0) is 0 Å². The zero-order valence-corrected chi connectivity index (χ0v) is 10.6. The van der Waals surface area contributed by atoms with E-state index >= 15 is 0 Å². The third kappa shape index (κ3) is 2.94. The molecule has 15 heavy (non-hydrogen) atoms. The van der Waals surface area contributed by atoms with Crippen LogP contribution in [0.5, 0.6) is 0 Å². The van der Waals surface area contributed by atoms with Gasteiger partial charge in [-0.05, 0) is 38.5 Å². The first kappa shape index (κ1) is 13.0. The minimum Gasteiger partial charge on any atom is -0.388 e. The van der Waals surface area contributed by atoms with Crippen molar-refractivity contribution in [3.05, 3.63) is 0 Å². The summed E-state index contributed by atoms with van der Waals surface area (Å²) in [5, 5.41) is 10.7. The second-order valence-electron chi connectivity index (χ2n) is 5.74. The molecule has 2 nitrogen and oxygen atoms in total. The van der Waals surface area contributed by atoms with Crippen LogP contribution in [0.1, 0.15) is 65.7 Å². The summed E-state index contributed by atoms with van der Waals surface area (Å²) in [5.41, 5.74) is 5.26. The van der Waals surface area contributed by atoms with E-state index in [1.54, 1.807) is 0 Å². The number of nitrogens with two attached hydrogens (primary N) is 1. The van der Waals surface area contributed by atoms with Crippen LogP contribution in [-0.4, -0.2) is 16.2 Å². The average molecular weight is 213 g/mol. The molecule has 0 aromatic rings. The van der Waals surface area contributed by atoms with E-state index in [2.05, 4.69) is 13.8 Å².